The summed E-state index contributed by atoms with van der Waals surface area (Å²) in [4.78, 5) is 25.9. The van der Waals surface area contributed by atoms with E-state index in [1.165, 1.54) is 10.8 Å². The number of aliphatic hydroxyl groups is 2. The van der Waals surface area contributed by atoms with E-state index in [0.29, 0.717) is 17.8 Å². The quantitative estimate of drug-likeness (QED) is 0.385. The number of rotatable bonds is 6. The van der Waals surface area contributed by atoms with Crippen LogP contribution in [0.1, 0.15) is 29.5 Å². The fraction of sp³-hybridized carbons (Fsp3) is 0.400. The lowest BCUT2D eigenvalue weighted by atomic mass is 10.0. The number of benzene rings is 1. The van der Waals surface area contributed by atoms with Crippen LogP contribution in [-0.2, 0) is 17.7 Å². The Morgan fingerprint density at radius 1 is 1.29 bits per heavy atom. The molecule has 4 rings (SSSR count). The van der Waals surface area contributed by atoms with E-state index < -0.39 is 35.8 Å². The van der Waals surface area contributed by atoms with Gasteiger partial charge in [-0.2, -0.15) is 0 Å². The Morgan fingerprint density at radius 2 is 2.03 bits per heavy atom. The molecule has 3 heterocycles. The summed E-state index contributed by atoms with van der Waals surface area (Å²) in [5.74, 6) is 0. The number of aliphatic hydroxyl groups excluding tert-OH is 2. The SMILES string of the molecule is Cc1cn([C@H]2C[C@H](O)[C@@H](C(O)Cc3cn(Cc4ccc(I)cc4)nn3)O2)c(=O)[nH]c1=O. The van der Waals surface area contributed by atoms with E-state index in [2.05, 4.69) is 37.9 Å². The van der Waals surface area contributed by atoms with Crippen molar-refractivity contribution in [2.24, 2.45) is 0 Å². The van der Waals surface area contributed by atoms with Gasteiger partial charge in [-0.05, 0) is 47.2 Å². The van der Waals surface area contributed by atoms with Crippen LogP contribution in [-0.4, -0.2) is 53.1 Å². The minimum absolute atomic E-state index is 0.118. The highest BCUT2D eigenvalue weighted by atomic mass is 127. The Bertz CT molecular complexity index is 1170. The van der Waals surface area contributed by atoms with Gasteiger partial charge in [0.15, 0.2) is 0 Å². The number of H-pyrrole nitrogens is 1. The molecule has 0 spiro atoms. The second kappa shape index (κ2) is 9.02. The Kier molecular flexibility index (Phi) is 6.36. The van der Waals surface area contributed by atoms with Gasteiger partial charge in [-0.1, -0.05) is 17.3 Å². The average molecular weight is 539 g/mol. The molecule has 3 N–H and O–H groups in total. The Balaban J connectivity index is 1.41. The van der Waals surface area contributed by atoms with Gasteiger partial charge < -0.3 is 14.9 Å². The van der Waals surface area contributed by atoms with E-state index in [1.807, 2.05) is 24.3 Å². The zero-order chi connectivity index (χ0) is 22.1. The Morgan fingerprint density at radius 3 is 2.77 bits per heavy atom. The predicted molar refractivity (Wildman–Crippen MR) is 119 cm³/mol. The molecule has 0 bridgehead atoms. The highest BCUT2D eigenvalue weighted by Gasteiger charge is 2.40. The first-order valence-corrected chi connectivity index (χ1v) is 10.8. The number of nitrogens with one attached hydrogen (secondary N) is 1. The van der Waals surface area contributed by atoms with E-state index in [4.69, 9.17) is 4.74 Å². The summed E-state index contributed by atoms with van der Waals surface area (Å²) in [6.45, 7) is 2.13. The van der Waals surface area contributed by atoms with Crippen LogP contribution in [0.4, 0.5) is 0 Å². The Hall–Kier alpha value is -2.35. The summed E-state index contributed by atoms with van der Waals surface area (Å²) in [5, 5.41) is 29.2. The van der Waals surface area contributed by atoms with Gasteiger partial charge >= 0.3 is 5.69 Å². The third kappa shape index (κ3) is 4.95. The molecule has 1 saturated heterocycles. The maximum absolute atomic E-state index is 12.1. The zero-order valence-corrected chi connectivity index (χ0v) is 18.8. The maximum Gasteiger partial charge on any atom is 0.330 e. The van der Waals surface area contributed by atoms with Gasteiger partial charge in [0.2, 0.25) is 0 Å². The minimum atomic E-state index is -1.04. The van der Waals surface area contributed by atoms with Gasteiger partial charge in [-0.15, -0.1) is 5.10 Å². The number of nitrogens with zero attached hydrogens (tertiary/aromatic N) is 4. The van der Waals surface area contributed by atoms with Crippen LogP contribution in [0.25, 0.3) is 0 Å². The summed E-state index contributed by atoms with van der Waals surface area (Å²) in [5.41, 5.74) is 0.906. The average Bonchev–Trinajstić information content (AvgIpc) is 3.32. The number of aryl methyl sites for hydroxylation is 1. The molecular formula is C20H22IN5O5. The molecule has 3 aromatic rings. The van der Waals surface area contributed by atoms with E-state index >= 15 is 0 Å². The molecule has 1 unspecified atom stereocenters. The predicted octanol–water partition coefficient (Wildman–Crippen LogP) is 0.341. The molecule has 164 valence electrons. The molecule has 0 saturated carbocycles. The van der Waals surface area contributed by atoms with Gasteiger partial charge in [0.25, 0.3) is 5.56 Å². The summed E-state index contributed by atoms with van der Waals surface area (Å²) < 4.78 is 9.83. The molecule has 1 aliphatic rings. The van der Waals surface area contributed by atoms with Crippen LogP contribution in [0.5, 0.6) is 0 Å². The van der Waals surface area contributed by atoms with Crippen molar-refractivity contribution in [2.45, 2.75) is 50.8 Å². The van der Waals surface area contributed by atoms with Crippen molar-refractivity contribution in [1.29, 1.82) is 0 Å². The molecule has 10 nitrogen and oxygen atoms in total. The third-order valence-corrected chi connectivity index (χ3v) is 5.95. The number of aromatic nitrogens is 5. The molecule has 31 heavy (non-hydrogen) atoms. The number of hydrogen-bond acceptors (Lipinski definition) is 7. The highest BCUT2D eigenvalue weighted by molar-refractivity contribution is 14.1. The molecule has 0 radical (unpaired) electrons. The first-order chi connectivity index (χ1) is 14.8. The van der Waals surface area contributed by atoms with E-state index in [9.17, 15) is 19.8 Å². The summed E-state index contributed by atoms with van der Waals surface area (Å²) in [6.07, 6.45) is -0.296. The van der Waals surface area contributed by atoms with E-state index in [-0.39, 0.29) is 12.8 Å². The standard InChI is InChI=1S/C20H22IN5O5/c1-11-8-26(20(30)22-19(11)29)17-7-16(28)18(31-17)15(27)6-14-10-25(24-23-14)9-12-2-4-13(21)5-3-12/h2-5,8,10,15-18,27-28H,6-7,9H2,1H3,(H,22,29,30)/t15?,16-,17+,18+/m0/s1. The van der Waals surface area contributed by atoms with Crippen molar-refractivity contribution >= 4 is 22.6 Å². The molecule has 1 aliphatic heterocycles. The topological polar surface area (TPSA) is 135 Å². The highest BCUT2D eigenvalue weighted by Crippen LogP contribution is 2.30. The lowest BCUT2D eigenvalue weighted by Crippen LogP contribution is -2.36. The third-order valence-electron chi connectivity index (χ3n) is 5.23. The van der Waals surface area contributed by atoms with Crippen LogP contribution in [0, 0.1) is 10.5 Å². The van der Waals surface area contributed by atoms with E-state index in [0.717, 1.165) is 9.13 Å². The zero-order valence-electron chi connectivity index (χ0n) is 16.7. The maximum atomic E-state index is 12.1. The number of aromatic amines is 1. The van der Waals surface area contributed by atoms with Gasteiger partial charge in [0.1, 0.15) is 12.3 Å². The number of ether oxygens (including phenoxy) is 1. The molecule has 0 aliphatic carbocycles. The second-order valence-electron chi connectivity index (χ2n) is 7.64. The van der Waals surface area contributed by atoms with Crippen LogP contribution in [0.15, 0.2) is 46.2 Å². The van der Waals surface area contributed by atoms with Crippen molar-refractivity contribution in [3.05, 3.63) is 77.9 Å². The van der Waals surface area contributed by atoms with Crippen LogP contribution in [0.3, 0.4) is 0 Å². The molecule has 11 heteroatoms. The molecule has 0 amide bonds. The van der Waals surface area contributed by atoms with Crippen molar-refractivity contribution < 1.29 is 14.9 Å². The van der Waals surface area contributed by atoms with Gasteiger partial charge in [-0.3, -0.25) is 14.3 Å². The monoisotopic (exact) mass is 539 g/mol. The van der Waals surface area contributed by atoms with Crippen LogP contribution >= 0.6 is 22.6 Å². The summed E-state index contributed by atoms with van der Waals surface area (Å²) in [6, 6.07) is 8.06. The molecule has 4 atom stereocenters. The summed E-state index contributed by atoms with van der Waals surface area (Å²) >= 11 is 2.25. The van der Waals surface area contributed by atoms with Gasteiger partial charge in [0, 0.05) is 34.4 Å². The fourth-order valence-corrected chi connectivity index (χ4v) is 3.97. The van der Waals surface area contributed by atoms with Gasteiger partial charge in [0.05, 0.1) is 24.4 Å². The molecule has 2 aromatic heterocycles. The second-order valence-corrected chi connectivity index (χ2v) is 8.89. The minimum Gasteiger partial charge on any atom is -0.390 e. The first-order valence-electron chi connectivity index (χ1n) is 9.77. The van der Waals surface area contributed by atoms with E-state index in [1.54, 1.807) is 17.8 Å². The molecule has 1 fully saturated rings. The first kappa shape index (κ1) is 21.9. The van der Waals surface area contributed by atoms with Crippen molar-refractivity contribution in [3.8, 4) is 0 Å². The molecule has 1 aromatic carbocycles. The Labute approximate surface area is 190 Å². The van der Waals surface area contributed by atoms with Crippen LogP contribution < -0.4 is 11.2 Å². The van der Waals surface area contributed by atoms with Crippen molar-refractivity contribution in [1.82, 2.24) is 24.5 Å². The van der Waals surface area contributed by atoms with Crippen molar-refractivity contribution in [3.63, 3.8) is 0 Å². The normalized spacial score (nSPS) is 22.0. The fourth-order valence-electron chi connectivity index (χ4n) is 3.61. The smallest absolute Gasteiger partial charge is 0.330 e. The molecular weight excluding hydrogens is 517 g/mol. The lowest BCUT2D eigenvalue weighted by molar-refractivity contribution is -0.0829. The lowest BCUT2D eigenvalue weighted by Gasteiger charge is -2.20. The summed E-state index contributed by atoms with van der Waals surface area (Å²) in [7, 11) is 0. The number of hydrogen-bond donors (Lipinski definition) is 3. The van der Waals surface area contributed by atoms with Crippen LogP contribution in [0.2, 0.25) is 0 Å². The largest absolute Gasteiger partial charge is 0.390 e. The van der Waals surface area contributed by atoms with Gasteiger partial charge in [-0.25, -0.2) is 9.48 Å². The van der Waals surface area contributed by atoms with Crippen molar-refractivity contribution in [2.75, 3.05) is 0 Å². The number of halogens is 1.